The van der Waals surface area contributed by atoms with E-state index in [0.29, 0.717) is 5.69 Å². The molecule has 0 bridgehead atoms. The molecule has 4 amide bonds. The molecule has 2 saturated heterocycles. The quantitative estimate of drug-likeness (QED) is 0.680. The largest absolute Gasteiger partial charge is 0.322 e. The van der Waals surface area contributed by atoms with Crippen molar-refractivity contribution in [2.24, 2.45) is 0 Å². The van der Waals surface area contributed by atoms with Gasteiger partial charge >= 0.3 is 12.1 Å². The Hall–Kier alpha value is -2.24. The topological polar surface area (TPSA) is 64.7 Å². The van der Waals surface area contributed by atoms with Gasteiger partial charge in [0.15, 0.2) is 0 Å². The lowest BCUT2D eigenvalue weighted by Crippen LogP contribution is -2.49. The van der Waals surface area contributed by atoms with Gasteiger partial charge in [0, 0.05) is 35.5 Å². The molecular formula is C23H36N4O2. The summed E-state index contributed by atoms with van der Waals surface area (Å²) in [5, 5.41) is 6.11. The molecule has 0 radical (unpaired) electrons. The van der Waals surface area contributed by atoms with E-state index in [-0.39, 0.29) is 36.2 Å². The maximum absolute atomic E-state index is 12.9. The van der Waals surface area contributed by atoms with Crippen molar-refractivity contribution in [1.82, 2.24) is 9.80 Å². The fourth-order valence-corrected chi connectivity index (χ4v) is 4.85. The van der Waals surface area contributed by atoms with Crippen LogP contribution < -0.4 is 10.6 Å². The number of nitrogens with zero attached hydrogens (tertiary/aromatic N) is 2. The highest BCUT2D eigenvalue weighted by molar-refractivity contribution is 5.94. The fraction of sp³-hybridized carbons (Fsp3) is 0.652. The molecule has 4 atom stereocenters. The Morgan fingerprint density at radius 1 is 0.793 bits per heavy atom. The van der Waals surface area contributed by atoms with Crippen LogP contribution in [0.3, 0.4) is 0 Å². The fourth-order valence-electron chi connectivity index (χ4n) is 4.85. The highest BCUT2D eigenvalue weighted by Gasteiger charge is 2.30. The predicted molar refractivity (Wildman–Crippen MR) is 118 cm³/mol. The minimum absolute atomic E-state index is 0.0606. The summed E-state index contributed by atoms with van der Waals surface area (Å²) in [5.74, 6) is 0. The van der Waals surface area contributed by atoms with Gasteiger partial charge in [0.25, 0.3) is 0 Å². The maximum Gasteiger partial charge on any atom is 0.322 e. The first kappa shape index (κ1) is 21.5. The van der Waals surface area contributed by atoms with E-state index in [4.69, 9.17) is 0 Å². The molecule has 2 heterocycles. The van der Waals surface area contributed by atoms with Gasteiger partial charge < -0.3 is 20.4 Å². The minimum atomic E-state index is -0.0656. The highest BCUT2D eigenvalue weighted by atomic mass is 16.2. The van der Waals surface area contributed by atoms with E-state index < -0.39 is 0 Å². The molecule has 29 heavy (non-hydrogen) atoms. The summed E-state index contributed by atoms with van der Waals surface area (Å²) in [6.45, 7) is 10.4. The smallest absolute Gasteiger partial charge is 0.319 e. The standard InChI is InChI=1S/C23H36N4O2/c1-15-12-13-20(24-22(28)26-16(2)8-6-9-17(26)3)14-21(15)25-23(29)27-18(4)10-7-11-19(27)5/h12-14,16-19H,6-11H2,1-5H3,(H,24,28)(H,25,29). The zero-order chi connectivity index (χ0) is 21.1. The molecule has 0 saturated carbocycles. The lowest BCUT2D eigenvalue weighted by molar-refractivity contribution is 0.133. The number of anilines is 2. The molecule has 160 valence electrons. The summed E-state index contributed by atoms with van der Waals surface area (Å²) < 4.78 is 0. The molecule has 1 aromatic rings. The zero-order valence-corrected chi connectivity index (χ0v) is 18.5. The van der Waals surface area contributed by atoms with E-state index in [2.05, 4.69) is 38.3 Å². The van der Waals surface area contributed by atoms with Gasteiger partial charge in [-0.2, -0.15) is 0 Å². The van der Waals surface area contributed by atoms with Crippen LogP contribution in [-0.2, 0) is 0 Å². The molecule has 0 aromatic heterocycles. The number of urea groups is 2. The number of likely N-dealkylation sites (tertiary alicyclic amines) is 2. The summed E-state index contributed by atoms with van der Waals surface area (Å²) in [6, 6.07) is 6.54. The number of carbonyl (C=O) groups is 2. The molecule has 0 spiro atoms. The molecule has 6 heteroatoms. The summed E-state index contributed by atoms with van der Waals surface area (Å²) in [5.41, 5.74) is 2.44. The lowest BCUT2D eigenvalue weighted by Gasteiger charge is -2.39. The Labute approximate surface area is 175 Å². The van der Waals surface area contributed by atoms with Crippen molar-refractivity contribution in [2.45, 2.75) is 97.3 Å². The number of piperidine rings is 2. The van der Waals surface area contributed by atoms with Gasteiger partial charge in [-0.1, -0.05) is 6.07 Å². The van der Waals surface area contributed by atoms with Crippen molar-refractivity contribution in [1.29, 1.82) is 0 Å². The maximum atomic E-state index is 12.9. The number of carbonyl (C=O) groups excluding carboxylic acids is 2. The van der Waals surface area contributed by atoms with Crippen molar-refractivity contribution in [2.75, 3.05) is 10.6 Å². The summed E-state index contributed by atoms with van der Waals surface area (Å²) in [7, 11) is 0. The van der Waals surface area contributed by atoms with Crippen molar-refractivity contribution < 1.29 is 9.59 Å². The Morgan fingerprint density at radius 2 is 1.24 bits per heavy atom. The molecule has 2 N–H and O–H groups in total. The van der Waals surface area contributed by atoms with Crippen LogP contribution in [0, 0.1) is 6.92 Å². The van der Waals surface area contributed by atoms with Gasteiger partial charge in [0.05, 0.1) is 0 Å². The summed E-state index contributed by atoms with van der Waals surface area (Å²) in [6.07, 6.45) is 6.50. The van der Waals surface area contributed by atoms with Crippen molar-refractivity contribution in [3.8, 4) is 0 Å². The number of hydrogen-bond acceptors (Lipinski definition) is 2. The van der Waals surface area contributed by atoms with Crippen LogP contribution in [0.4, 0.5) is 21.0 Å². The molecule has 4 unspecified atom stereocenters. The molecule has 2 aliphatic rings. The average molecular weight is 401 g/mol. The van der Waals surface area contributed by atoms with Crippen LogP contribution in [0.2, 0.25) is 0 Å². The van der Waals surface area contributed by atoms with Gasteiger partial charge in [-0.05, 0) is 90.8 Å². The van der Waals surface area contributed by atoms with E-state index >= 15 is 0 Å². The van der Waals surface area contributed by atoms with Gasteiger partial charge in [0.1, 0.15) is 0 Å². The van der Waals surface area contributed by atoms with Crippen LogP contribution in [0.1, 0.15) is 71.8 Å². The van der Waals surface area contributed by atoms with Crippen molar-refractivity contribution in [3.05, 3.63) is 23.8 Å². The normalized spacial score (nSPS) is 27.5. The van der Waals surface area contributed by atoms with Gasteiger partial charge in [-0.3, -0.25) is 0 Å². The van der Waals surface area contributed by atoms with E-state index in [9.17, 15) is 9.59 Å². The molecule has 0 aliphatic carbocycles. The number of nitrogens with one attached hydrogen (secondary N) is 2. The van der Waals surface area contributed by atoms with Crippen LogP contribution in [0.25, 0.3) is 0 Å². The van der Waals surface area contributed by atoms with Crippen LogP contribution in [0.15, 0.2) is 18.2 Å². The van der Waals surface area contributed by atoms with Crippen LogP contribution >= 0.6 is 0 Å². The van der Waals surface area contributed by atoms with Crippen molar-refractivity contribution >= 4 is 23.4 Å². The van der Waals surface area contributed by atoms with Gasteiger partial charge in [0.2, 0.25) is 0 Å². The van der Waals surface area contributed by atoms with E-state index in [1.54, 1.807) is 0 Å². The van der Waals surface area contributed by atoms with E-state index in [0.717, 1.165) is 36.9 Å². The Bertz CT molecular complexity index is 730. The predicted octanol–water partition coefficient (Wildman–Crippen LogP) is 5.58. The zero-order valence-electron chi connectivity index (χ0n) is 18.5. The first-order chi connectivity index (χ1) is 13.8. The number of rotatable bonds is 2. The number of benzene rings is 1. The van der Waals surface area contributed by atoms with E-state index in [1.807, 2.05) is 34.9 Å². The third kappa shape index (κ3) is 4.85. The SMILES string of the molecule is Cc1ccc(NC(=O)N2C(C)CCCC2C)cc1NC(=O)N1C(C)CCCC1C. The van der Waals surface area contributed by atoms with Gasteiger partial charge in [-0.25, -0.2) is 9.59 Å². The first-order valence-corrected chi connectivity index (χ1v) is 11.1. The number of aryl methyl sites for hydroxylation is 1. The van der Waals surface area contributed by atoms with E-state index in [1.165, 1.54) is 12.8 Å². The molecule has 1 aromatic carbocycles. The Morgan fingerprint density at radius 3 is 1.72 bits per heavy atom. The average Bonchev–Trinajstić information content (AvgIpc) is 2.64. The molecule has 2 aliphatic heterocycles. The first-order valence-electron chi connectivity index (χ1n) is 11.1. The van der Waals surface area contributed by atoms with Gasteiger partial charge in [-0.15, -0.1) is 0 Å². The monoisotopic (exact) mass is 400 g/mol. The van der Waals surface area contributed by atoms with Crippen LogP contribution in [0.5, 0.6) is 0 Å². The molecule has 6 nitrogen and oxygen atoms in total. The third-order valence-corrected chi connectivity index (χ3v) is 6.59. The molecule has 3 rings (SSSR count). The lowest BCUT2D eigenvalue weighted by atomic mass is 9.98. The Kier molecular flexibility index (Phi) is 6.70. The second-order valence-corrected chi connectivity index (χ2v) is 8.96. The Balaban J connectivity index is 1.71. The highest BCUT2D eigenvalue weighted by Crippen LogP contribution is 2.27. The van der Waals surface area contributed by atoms with Crippen molar-refractivity contribution in [3.63, 3.8) is 0 Å². The second kappa shape index (κ2) is 9.06. The number of hydrogen-bond donors (Lipinski definition) is 2. The summed E-state index contributed by atoms with van der Waals surface area (Å²) >= 11 is 0. The second-order valence-electron chi connectivity index (χ2n) is 8.96. The summed E-state index contributed by atoms with van der Waals surface area (Å²) in [4.78, 5) is 29.7. The third-order valence-electron chi connectivity index (χ3n) is 6.59. The molecule has 2 fully saturated rings. The minimum Gasteiger partial charge on any atom is -0.319 e. The number of amides is 4. The van der Waals surface area contributed by atoms with Crippen LogP contribution in [-0.4, -0.2) is 46.0 Å². The molecular weight excluding hydrogens is 364 g/mol.